The Kier molecular flexibility index (Phi) is 3.44. The number of carbonyl (C=O) groups excluding carboxylic acids is 1. The zero-order chi connectivity index (χ0) is 8.97. The highest BCUT2D eigenvalue weighted by atomic mass is 32.1. The Morgan fingerprint density at radius 2 is 2.50 bits per heavy atom. The lowest BCUT2D eigenvalue weighted by Gasteiger charge is -2.10. The van der Waals surface area contributed by atoms with Crippen molar-refractivity contribution in [3.63, 3.8) is 0 Å². The van der Waals surface area contributed by atoms with Gasteiger partial charge in [0.25, 0.3) is 0 Å². The lowest BCUT2D eigenvalue weighted by Crippen LogP contribution is -2.33. The van der Waals surface area contributed by atoms with Gasteiger partial charge in [-0.05, 0) is 25.4 Å². The smallest absolute Gasteiger partial charge is 0.147 e. The number of hydrogen-bond donors (Lipinski definition) is 1. The van der Waals surface area contributed by atoms with Crippen molar-refractivity contribution in [2.24, 2.45) is 0 Å². The Morgan fingerprint density at radius 3 is 2.92 bits per heavy atom. The number of nitrogens with one attached hydrogen (secondary N) is 1. The molecule has 3 heteroatoms. The summed E-state index contributed by atoms with van der Waals surface area (Å²) in [4.78, 5) is 12.3. The van der Waals surface area contributed by atoms with Gasteiger partial charge in [-0.3, -0.25) is 4.79 Å². The fourth-order valence-electron chi connectivity index (χ4n) is 1.08. The van der Waals surface area contributed by atoms with Crippen LogP contribution in [0.4, 0.5) is 0 Å². The molecule has 0 fully saturated rings. The average Bonchev–Trinajstić information content (AvgIpc) is 2.51. The number of carbonyl (C=O) groups is 1. The molecule has 0 unspecified atom stereocenters. The van der Waals surface area contributed by atoms with Gasteiger partial charge in [0.05, 0.1) is 6.04 Å². The van der Waals surface area contributed by atoms with Crippen LogP contribution in [0.5, 0.6) is 0 Å². The van der Waals surface area contributed by atoms with Crippen molar-refractivity contribution < 1.29 is 4.79 Å². The molecule has 0 aliphatic rings. The summed E-state index contributed by atoms with van der Waals surface area (Å²) < 4.78 is 0. The maximum absolute atomic E-state index is 11.0. The van der Waals surface area contributed by atoms with E-state index in [1.807, 2.05) is 18.5 Å². The molecule has 0 amide bonds. The molecule has 1 atom stereocenters. The topological polar surface area (TPSA) is 29.1 Å². The predicted octanol–water partition coefficient (Wildman–Crippen LogP) is 1.47. The molecule has 0 saturated heterocycles. The second-order valence-corrected chi connectivity index (χ2v) is 3.77. The normalized spacial score (nSPS) is 12.8. The zero-order valence-corrected chi connectivity index (χ0v) is 8.15. The number of Topliss-reactive ketones (excluding diaryl/α,β-unsaturated/α-hetero) is 1. The van der Waals surface area contributed by atoms with Crippen molar-refractivity contribution in [1.29, 1.82) is 0 Å². The van der Waals surface area contributed by atoms with Crippen molar-refractivity contribution >= 4 is 17.1 Å². The summed E-state index contributed by atoms with van der Waals surface area (Å²) in [5, 5.41) is 5.03. The van der Waals surface area contributed by atoms with E-state index in [-0.39, 0.29) is 11.8 Å². The summed E-state index contributed by atoms with van der Waals surface area (Å²) in [6.45, 7) is 1.62. The van der Waals surface area contributed by atoms with Crippen LogP contribution < -0.4 is 5.32 Å². The molecule has 12 heavy (non-hydrogen) atoms. The van der Waals surface area contributed by atoms with Crippen molar-refractivity contribution in [2.75, 3.05) is 7.05 Å². The lowest BCUT2D eigenvalue weighted by molar-refractivity contribution is -0.118. The Hall–Kier alpha value is -0.670. The summed E-state index contributed by atoms with van der Waals surface area (Å²) >= 11 is 1.69. The molecule has 0 aliphatic carbocycles. The summed E-state index contributed by atoms with van der Waals surface area (Å²) in [7, 11) is 1.82. The third-order valence-corrected chi connectivity index (χ3v) is 2.72. The van der Waals surface area contributed by atoms with Gasteiger partial charge in [-0.2, -0.15) is 0 Å². The van der Waals surface area contributed by atoms with E-state index < -0.39 is 0 Å². The summed E-state index contributed by atoms with van der Waals surface area (Å²) in [5.74, 6) is 0.200. The van der Waals surface area contributed by atoms with Crippen LogP contribution in [0.3, 0.4) is 0 Å². The first-order valence-electron chi connectivity index (χ1n) is 3.94. The first-order chi connectivity index (χ1) is 5.74. The first-order valence-corrected chi connectivity index (χ1v) is 4.82. The minimum atomic E-state index is -0.0244. The number of likely N-dealkylation sites (N-methyl/N-ethyl adjacent to an activating group) is 1. The molecule has 2 nitrogen and oxygen atoms in total. The number of ketones is 1. The van der Waals surface area contributed by atoms with E-state index in [0.29, 0.717) is 0 Å². The standard InChI is InChI=1S/C9H13NOS/c1-7(11)9(10-2)6-8-4-3-5-12-8/h3-5,9-10H,6H2,1-2H3/t9-/m0/s1. The van der Waals surface area contributed by atoms with E-state index in [9.17, 15) is 4.79 Å². The monoisotopic (exact) mass is 183 g/mol. The van der Waals surface area contributed by atoms with Gasteiger partial charge in [-0.15, -0.1) is 11.3 Å². The van der Waals surface area contributed by atoms with Crippen molar-refractivity contribution in [3.05, 3.63) is 22.4 Å². The van der Waals surface area contributed by atoms with E-state index in [1.165, 1.54) is 4.88 Å². The number of hydrogen-bond acceptors (Lipinski definition) is 3. The van der Waals surface area contributed by atoms with Crippen LogP contribution in [0, 0.1) is 0 Å². The summed E-state index contributed by atoms with van der Waals surface area (Å²) in [6, 6.07) is 4.04. The molecule has 1 aromatic heterocycles. The van der Waals surface area contributed by atoms with Gasteiger partial charge >= 0.3 is 0 Å². The maximum atomic E-state index is 11.0. The van der Waals surface area contributed by atoms with E-state index in [2.05, 4.69) is 11.4 Å². The van der Waals surface area contributed by atoms with Crippen LogP contribution in [0.1, 0.15) is 11.8 Å². The van der Waals surface area contributed by atoms with Crippen LogP contribution in [-0.4, -0.2) is 18.9 Å². The van der Waals surface area contributed by atoms with Crippen molar-refractivity contribution in [3.8, 4) is 0 Å². The highest BCUT2D eigenvalue weighted by Crippen LogP contribution is 2.11. The van der Waals surface area contributed by atoms with E-state index in [1.54, 1.807) is 18.3 Å². The van der Waals surface area contributed by atoms with Gasteiger partial charge in [-0.25, -0.2) is 0 Å². The second-order valence-electron chi connectivity index (χ2n) is 2.74. The van der Waals surface area contributed by atoms with E-state index >= 15 is 0 Å². The maximum Gasteiger partial charge on any atom is 0.147 e. The van der Waals surface area contributed by atoms with Crippen LogP contribution in [0.2, 0.25) is 0 Å². The quantitative estimate of drug-likeness (QED) is 0.766. The van der Waals surface area contributed by atoms with Crippen LogP contribution in [0.25, 0.3) is 0 Å². The van der Waals surface area contributed by atoms with Gasteiger partial charge in [0.1, 0.15) is 5.78 Å². The molecule has 1 rings (SSSR count). The molecule has 1 aromatic rings. The highest BCUT2D eigenvalue weighted by molar-refractivity contribution is 7.09. The first kappa shape index (κ1) is 9.42. The van der Waals surface area contributed by atoms with E-state index in [4.69, 9.17) is 0 Å². The minimum absolute atomic E-state index is 0.0244. The predicted molar refractivity (Wildman–Crippen MR) is 51.6 cm³/mol. The molecule has 1 heterocycles. The van der Waals surface area contributed by atoms with E-state index in [0.717, 1.165) is 6.42 Å². The van der Waals surface area contributed by atoms with Crippen molar-refractivity contribution in [2.45, 2.75) is 19.4 Å². The summed E-state index contributed by atoms with van der Waals surface area (Å²) in [5.41, 5.74) is 0. The van der Waals surface area contributed by atoms with Crippen LogP contribution in [0.15, 0.2) is 17.5 Å². The molecule has 1 N–H and O–H groups in total. The molecular weight excluding hydrogens is 170 g/mol. The number of rotatable bonds is 4. The molecule has 0 bridgehead atoms. The van der Waals surface area contributed by atoms with Gasteiger partial charge in [0.15, 0.2) is 0 Å². The van der Waals surface area contributed by atoms with Crippen molar-refractivity contribution in [1.82, 2.24) is 5.32 Å². The van der Waals surface area contributed by atoms with Gasteiger partial charge in [0, 0.05) is 11.3 Å². The lowest BCUT2D eigenvalue weighted by atomic mass is 10.1. The minimum Gasteiger partial charge on any atom is -0.310 e. The Balaban J connectivity index is 2.54. The molecule has 0 spiro atoms. The third kappa shape index (κ3) is 2.43. The molecule has 66 valence electrons. The highest BCUT2D eigenvalue weighted by Gasteiger charge is 2.11. The molecule has 0 radical (unpaired) electrons. The molecule has 0 aliphatic heterocycles. The third-order valence-electron chi connectivity index (χ3n) is 1.82. The second kappa shape index (κ2) is 4.38. The Morgan fingerprint density at radius 1 is 1.75 bits per heavy atom. The number of thiophene rings is 1. The molecular formula is C9H13NOS. The molecule has 0 aromatic carbocycles. The van der Waals surface area contributed by atoms with Crippen LogP contribution in [-0.2, 0) is 11.2 Å². The SMILES string of the molecule is CN[C@@H](Cc1cccs1)C(C)=O. The Bertz CT molecular complexity index is 243. The largest absolute Gasteiger partial charge is 0.310 e. The van der Waals surface area contributed by atoms with Gasteiger partial charge in [0.2, 0.25) is 0 Å². The Labute approximate surface area is 76.6 Å². The average molecular weight is 183 g/mol. The zero-order valence-electron chi connectivity index (χ0n) is 7.33. The fraction of sp³-hybridized carbons (Fsp3) is 0.444. The summed E-state index contributed by atoms with van der Waals surface area (Å²) in [6.07, 6.45) is 0.809. The molecule has 0 saturated carbocycles. The fourth-order valence-corrected chi connectivity index (χ4v) is 1.83. The van der Waals surface area contributed by atoms with Gasteiger partial charge < -0.3 is 5.32 Å². The van der Waals surface area contributed by atoms with Gasteiger partial charge in [-0.1, -0.05) is 6.07 Å². The van der Waals surface area contributed by atoms with Crippen LogP contribution >= 0.6 is 11.3 Å².